The number of carbonyl (C=O) groups excluding carboxylic acids is 2. The fraction of sp³-hybridized carbons (Fsp3) is 0.417. The maximum absolute atomic E-state index is 13.6. The summed E-state index contributed by atoms with van der Waals surface area (Å²) in [5, 5.41) is 3.58. The first kappa shape index (κ1) is 21.4. The number of fused-ring (bicyclic) bond motifs is 3. The van der Waals surface area contributed by atoms with E-state index in [9.17, 15) is 9.59 Å². The molecule has 1 N–H and O–H groups in total. The lowest BCUT2D eigenvalue weighted by atomic mass is 10.1. The number of hydrogen-bond donors (Lipinski definition) is 1. The van der Waals surface area contributed by atoms with Crippen molar-refractivity contribution in [1.82, 2.24) is 20.0 Å². The average molecular weight is 498 g/mol. The molecule has 0 aliphatic carbocycles. The van der Waals surface area contributed by atoms with Crippen LogP contribution < -0.4 is 10.2 Å². The van der Waals surface area contributed by atoms with Crippen molar-refractivity contribution in [2.75, 3.05) is 25.0 Å². The Labute approximate surface area is 197 Å². The molecule has 3 unspecified atom stereocenters. The zero-order chi connectivity index (χ0) is 22.4. The van der Waals surface area contributed by atoms with Crippen LogP contribution in [-0.2, 0) is 17.8 Å². The van der Waals surface area contributed by atoms with Crippen molar-refractivity contribution in [3.63, 3.8) is 0 Å². The molecular formula is C24H28BrN5O2. The minimum Gasteiger partial charge on any atom is -0.343 e. The normalized spacial score (nSPS) is 25.8. The molecule has 3 saturated heterocycles. The average Bonchev–Trinajstić information content (AvgIpc) is 3.22. The summed E-state index contributed by atoms with van der Waals surface area (Å²) in [7, 11) is 1.78. The fourth-order valence-electron chi connectivity index (χ4n) is 5.02. The molecule has 3 amide bonds. The van der Waals surface area contributed by atoms with E-state index in [-0.39, 0.29) is 30.9 Å². The molecule has 0 bridgehead atoms. The molecule has 3 heterocycles. The van der Waals surface area contributed by atoms with Gasteiger partial charge in [-0.05, 0) is 48.2 Å². The first-order chi connectivity index (χ1) is 15.5. The second-order valence-corrected chi connectivity index (χ2v) is 9.59. The number of rotatable bonds is 4. The van der Waals surface area contributed by atoms with Crippen molar-refractivity contribution in [1.29, 1.82) is 0 Å². The number of anilines is 1. The third kappa shape index (κ3) is 3.60. The minimum atomic E-state index is -0.393. The molecule has 3 aliphatic heterocycles. The van der Waals surface area contributed by atoms with Crippen molar-refractivity contribution in [3.8, 4) is 0 Å². The SMILES string of the molecule is CCc1ccc(N2CCCN3C4C(=O)N(Cc5ccc(Br)cc5)C(=O)N(C)C4NC23)cc1. The molecule has 168 valence electrons. The van der Waals surface area contributed by atoms with E-state index in [0.29, 0.717) is 0 Å². The van der Waals surface area contributed by atoms with Gasteiger partial charge in [-0.15, -0.1) is 0 Å². The number of nitrogens with one attached hydrogen (secondary N) is 1. The Morgan fingerprint density at radius 3 is 2.38 bits per heavy atom. The number of hydrogen-bond acceptors (Lipinski definition) is 5. The van der Waals surface area contributed by atoms with Crippen LogP contribution in [0, 0.1) is 0 Å². The highest BCUT2D eigenvalue weighted by Crippen LogP contribution is 2.33. The van der Waals surface area contributed by atoms with Gasteiger partial charge in [-0.1, -0.05) is 47.1 Å². The van der Waals surface area contributed by atoms with Crippen molar-refractivity contribution >= 4 is 33.6 Å². The van der Waals surface area contributed by atoms with Gasteiger partial charge in [-0.3, -0.25) is 19.9 Å². The Bertz CT molecular complexity index is 1010. The summed E-state index contributed by atoms with van der Waals surface area (Å²) in [6, 6.07) is 15.7. The first-order valence-corrected chi connectivity index (χ1v) is 12.0. The Hall–Kier alpha value is -2.42. The lowest BCUT2D eigenvalue weighted by Gasteiger charge is -2.44. The number of halogens is 1. The number of benzene rings is 2. The van der Waals surface area contributed by atoms with Gasteiger partial charge in [-0.2, -0.15) is 0 Å². The van der Waals surface area contributed by atoms with E-state index in [0.717, 1.165) is 41.7 Å². The van der Waals surface area contributed by atoms with Crippen LogP contribution >= 0.6 is 15.9 Å². The number of aryl methyl sites for hydroxylation is 1. The summed E-state index contributed by atoms with van der Waals surface area (Å²) >= 11 is 3.44. The number of amides is 3. The molecule has 2 aromatic rings. The number of imide groups is 1. The summed E-state index contributed by atoms with van der Waals surface area (Å²) in [6.07, 6.45) is 1.53. The standard InChI is InChI=1S/C24H28BrN5O2/c1-3-16-7-11-19(12-8-16)28-13-4-14-29-20-21(26-23(28)29)27(2)24(32)30(22(20)31)15-17-5-9-18(25)10-6-17/h5-12,20-21,23,26H,3-4,13-15H2,1-2H3. The second-order valence-electron chi connectivity index (χ2n) is 8.68. The zero-order valence-electron chi connectivity index (χ0n) is 18.4. The number of nitrogens with zero attached hydrogens (tertiary/aromatic N) is 4. The van der Waals surface area contributed by atoms with Crippen LogP contribution in [0.1, 0.15) is 24.5 Å². The largest absolute Gasteiger partial charge is 0.343 e. The maximum atomic E-state index is 13.6. The van der Waals surface area contributed by atoms with Crippen LogP contribution in [-0.4, -0.2) is 65.3 Å². The zero-order valence-corrected chi connectivity index (χ0v) is 20.0. The van der Waals surface area contributed by atoms with Crippen LogP contribution in [0.5, 0.6) is 0 Å². The molecule has 7 nitrogen and oxygen atoms in total. The molecule has 0 spiro atoms. The third-order valence-electron chi connectivity index (χ3n) is 6.80. The molecule has 3 fully saturated rings. The quantitative estimate of drug-likeness (QED) is 0.702. The fourth-order valence-corrected chi connectivity index (χ4v) is 5.29. The highest BCUT2D eigenvalue weighted by atomic mass is 79.9. The molecule has 3 atom stereocenters. The van der Waals surface area contributed by atoms with Crippen molar-refractivity contribution in [3.05, 3.63) is 64.1 Å². The summed E-state index contributed by atoms with van der Waals surface area (Å²) < 4.78 is 0.970. The van der Waals surface area contributed by atoms with Gasteiger partial charge in [0.05, 0.1) is 6.54 Å². The molecule has 2 aromatic carbocycles. The first-order valence-electron chi connectivity index (χ1n) is 11.2. The molecule has 32 heavy (non-hydrogen) atoms. The predicted octanol–water partition coefficient (Wildman–Crippen LogP) is 3.20. The van der Waals surface area contributed by atoms with Gasteiger partial charge in [0.15, 0.2) is 0 Å². The van der Waals surface area contributed by atoms with Crippen LogP contribution in [0.2, 0.25) is 0 Å². The molecule has 0 aromatic heterocycles. The lowest BCUT2D eigenvalue weighted by molar-refractivity contribution is -0.139. The Morgan fingerprint density at radius 1 is 1.00 bits per heavy atom. The summed E-state index contributed by atoms with van der Waals surface area (Å²) in [5.41, 5.74) is 3.37. The topological polar surface area (TPSA) is 59.1 Å². The molecule has 3 aliphatic rings. The minimum absolute atomic E-state index is 0.113. The van der Waals surface area contributed by atoms with E-state index in [4.69, 9.17) is 0 Å². The summed E-state index contributed by atoms with van der Waals surface area (Å²) in [4.78, 5) is 34.3. The monoisotopic (exact) mass is 497 g/mol. The van der Waals surface area contributed by atoms with Crippen molar-refractivity contribution in [2.45, 2.75) is 44.8 Å². The van der Waals surface area contributed by atoms with Gasteiger partial charge in [0.1, 0.15) is 18.5 Å². The van der Waals surface area contributed by atoms with E-state index in [1.165, 1.54) is 10.5 Å². The second kappa shape index (κ2) is 8.50. The van der Waals surface area contributed by atoms with E-state index in [1.54, 1.807) is 11.9 Å². The van der Waals surface area contributed by atoms with Gasteiger partial charge >= 0.3 is 6.03 Å². The predicted molar refractivity (Wildman–Crippen MR) is 127 cm³/mol. The van der Waals surface area contributed by atoms with E-state index >= 15 is 0 Å². The van der Waals surface area contributed by atoms with Crippen LogP contribution in [0.4, 0.5) is 10.5 Å². The van der Waals surface area contributed by atoms with Crippen LogP contribution in [0.15, 0.2) is 53.0 Å². The van der Waals surface area contributed by atoms with Crippen molar-refractivity contribution < 1.29 is 9.59 Å². The summed E-state index contributed by atoms with van der Waals surface area (Å²) in [5.74, 6) is -0.126. The van der Waals surface area contributed by atoms with Gasteiger partial charge in [0.25, 0.3) is 5.91 Å². The van der Waals surface area contributed by atoms with Crippen LogP contribution in [0.3, 0.4) is 0 Å². The summed E-state index contributed by atoms with van der Waals surface area (Å²) in [6.45, 7) is 4.16. The number of urea groups is 1. The smallest absolute Gasteiger partial charge is 0.328 e. The van der Waals surface area contributed by atoms with Gasteiger partial charge in [0.2, 0.25) is 0 Å². The van der Waals surface area contributed by atoms with Crippen molar-refractivity contribution in [2.24, 2.45) is 0 Å². The van der Waals surface area contributed by atoms with Crippen LogP contribution in [0.25, 0.3) is 0 Å². The Kier molecular flexibility index (Phi) is 5.69. The van der Waals surface area contributed by atoms with Gasteiger partial charge < -0.3 is 9.80 Å². The molecular weight excluding hydrogens is 470 g/mol. The molecule has 8 heteroatoms. The lowest BCUT2D eigenvalue weighted by Crippen LogP contribution is -2.66. The van der Waals surface area contributed by atoms with E-state index in [2.05, 4.69) is 62.2 Å². The molecule has 0 radical (unpaired) electrons. The highest BCUT2D eigenvalue weighted by molar-refractivity contribution is 9.10. The molecule has 5 rings (SSSR count). The van der Waals surface area contributed by atoms with Gasteiger partial charge in [0, 0.05) is 30.3 Å². The van der Waals surface area contributed by atoms with Gasteiger partial charge in [-0.25, -0.2) is 4.79 Å². The molecule has 0 saturated carbocycles. The highest BCUT2D eigenvalue weighted by Gasteiger charge is 2.56. The number of likely N-dealkylation sites (N-methyl/N-ethyl adjacent to an activating group) is 1. The number of carbonyl (C=O) groups is 2. The van der Waals surface area contributed by atoms with E-state index < -0.39 is 6.04 Å². The van der Waals surface area contributed by atoms with E-state index in [1.807, 2.05) is 24.3 Å². The maximum Gasteiger partial charge on any atom is 0.328 e. The Morgan fingerprint density at radius 2 is 1.69 bits per heavy atom. The Balaban J connectivity index is 1.41. The third-order valence-corrected chi connectivity index (χ3v) is 7.33.